The molecular formula is C15H21F4N. The Morgan fingerprint density at radius 1 is 1.10 bits per heavy atom. The van der Waals surface area contributed by atoms with Gasteiger partial charge in [0, 0.05) is 6.04 Å². The highest BCUT2D eigenvalue weighted by Crippen LogP contribution is 2.32. The SMILES string of the molecule is CCCCCCCC(N)c1ccc(C(F)(F)F)c(F)c1. The van der Waals surface area contributed by atoms with Crippen LogP contribution in [-0.2, 0) is 6.18 Å². The second kappa shape index (κ2) is 7.62. The maximum Gasteiger partial charge on any atom is 0.419 e. The molecule has 1 aromatic rings. The van der Waals surface area contributed by atoms with Crippen molar-refractivity contribution in [3.05, 3.63) is 35.1 Å². The third kappa shape index (κ3) is 5.12. The van der Waals surface area contributed by atoms with Crippen LogP contribution in [0, 0.1) is 5.82 Å². The largest absolute Gasteiger partial charge is 0.419 e. The molecule has 1 rings (SSSR count). The van der Waals surface area contributed by atoms with Gasteiger partial charge in [-0.1, -0.05) is 45.1 Å². The average Bonchev–Trinajstić information content (AvgIpc) is 2.36. The van der Waals surface area contributed by atoms with Crippen molar-refractivity contribution < 1.29 is 17.6 Å². The maximum absolute atomic E-state index is 13.4. The summed E-state index contributed by atoms with van der Waals surface area (Å²) in [4.78, 5) is 0. The fourth-order valence-electron chi connectivity index (χ4n) is 2.13. The topological polar surface area (TPSA) is 26.0 Å². The Balaban J connectivity index is 2.57. The zero-order valence-corrected chi connectivity index (χ0v) is 11.6. The zero-order chi connectivity index (χ0) is 15.2. The summed E-state index contributed by atoms with van der Waals surface area (Å²) in [7, 11) is 0. The number of nitrogens with two attached hydrogens (primary N) is 1. The molecule has 0 radical (unpaired) electrons. The lowest BCUT2D eigenvalue weighted by Crippen LogP contribution is -2.13. The number of hydrogen-bond acceptors (Lipinski definition) is 1. The van der Waals surface area contributed by atoms with Crippen molar-refractivity contribution in [2.45, 2.75) is 57.7 Å². The van der Waals surface area contributed by atoms with Gasteiger partial charge in [0.2, 0.25) is 0 Å². The Hall–Kier alpha value is -1.10. The van der Waals surface area contributed by atoms with E-state index in [1.54, 1.807) is 0 Å². The van der Waals surface area contributed by atoms with E-state index < -0.39 is 23.6 Å². The van der Waals surface area contributed by atoms with Crippen molar-refractivity contribution in [1.29, 1.82) is 0 Å². The van der Waals surface area contributed by atoms with Crippen LogP contribution < -0.4 is 5.73 Å². The first-order chi connectivity index (χ1) is 9.36. The summed E-state index contributed by atoms with van der Waals surface area (Å²) in [6.07, 6.45) is 1.40. The van der Waals surface area contributed by atoms with Gasteiger partial charge in [-0.25, -0.2) is 4.39 Å². The van der Waals surface area contributed by atoms with Crippen molar-refractivity contribution in [1.82, 2.24) is 0 Å². The molecule has 0 bridgehead atoms. The molecule has 5 heteroatoms. The van der Waals surface area contributed by atoms with Crippen LogP contribution in [0.3, 0.4) is 0 Å². The van der Waals surface area contributed by atoms with Crippen LogP contribution in [0.2, 0.25) is 0 Å². The van der Waals surface area contributed by atoms with Gasteiger partial charge in [-0.15, -0.1) is 0 Å². The molecule has 0 spiro atoms. The van der Waals surface area contributed by atoms with Crippen molar-refractivity contribution in [2.75, 3.05) is 0 Å². The van der Waals surface area contributed by atoms with Crippen molar-refractivity contribution in [3.63, 3.8) is 0 Å². The quantitative estimate of drug-likeness (QED) is 0.542. The maximum atomic E-state index is 13.4. The molecule has 114 valence electrons. The van der Waals surface area contributed by atoms with Gasteiger partial charge in [-0.05, 0) is 24.1 Å². The summed E-state index contributed by atoms with van der Waals surface area (Å²) >= 11 is 0. The molecule has 0 saturated carbocycles. The number of halogens is 4. The van der Waals surface area contributed by atoms with Gasteiger partial charge in [0.25, 0.3) is 0 Å². The van der Waals surface area contributed by atoms with Crippen LogP contribution >= 0.6 is 0 Å². The second-order valence-corrected chi connectivity index (χ2v) is 5.05. The Labute approximate surface area is 117 Å². The van der Waals surface area contributed by atoms with E-state index in [4.69, 9.17) is 5.73 Å². The number of benzene rings is 1. The summed E-state index contributed by atoms with van der Waals surface area (Å²) in [6, 6.07) is 2.53. The molecule has 1 aromatic carbocycles. The molecule has 2 N–H and O–H groups in total. The average molecular weight is 291 g/mol. The van der Waals surface area contributed by atoms with E-state index >= 15 is 0 Å². The van der Waals surface area contributed by atoms with E-state index in [2.05, 4.69) is 6.92 Å². The van der Waals surface area contributed by atoms with Crippen LogP contribution in [0.4, 0.5) is 17.6 Å². The lowest BCUT2D eigenvalue weighted by molar-refractivity contribution is -0.140. The third-order valence-electron chi connectivity index (χ3n) is 3.35. The van der Waals surface area contributed by atoms with E-state index in [9.17, 15) is 17.6 Å². The fraction of sp³-hybridized carbons (Fsp3) is 0.600. The molecule has 0 heterocycles. The highest BCUT2D eigenvalue weighted by Gasteiger charge is 2.34. The van der Waals surface area contributed by atoms with Crippen LogP contribution in [-0.4, -0.2) is 0 Å². The van der Waals surface area contributed by atoms with Crippen molar-refractivity contribution in [3.8, 4) is 0 Å². The first kappa shape index (κ1) is 17.0. The minimum Gasteiger partial charge on any atom is -0.324 e. The number of alkyl halides is 3. The lowest BCUT2D eigenvalue weighted by Gasteiger charge is -2.14. The second-order valence-electron chi connectivity index (χ2n) is 5.05. The minimum absolute atomic E-state index is 0.409. The molecule has 1 atom stereocenters. The Bertz CT molecular complexity index is 415. The Morgan fingerprint density at radius 2 is 1.75 bits per heavy atom. The number of unbranched alkanes of at least 4 members (excludes halogenated alkanes) is 4. The van der Waals surface area contributed by atoms with Gasteiger partial charge in [0.05, 0.1) is 5.56 Å². The first-order valence-corrected chi connectivity index (χ1v) is 6.98. The lowest BCUT2D eigenvalue weighted by atomic mass is 9.99. The molecule has 0 fully saturated rings. The van der Waals surface area contributed by atoms with Gasteiger partial charge in [-0.2, -0.15) is 13.2 Å². The Kier molecular flexibility index (Phi) is 6.46. The molecule has 0 aliphatic rings. The minimum atomic E-state index is -4.66. The first-order valence-electron chi connectivity index (χ1n) is 6.98. The van der Waals surface area contributed by atoms with Crippen LogP contribution in [0.1, 0.15) is 62.6 Å². The van der Waals surface area contributed by atoms with Gasteiger partial charge < -0.3 is 5.73 Å². The van der Waals surface area contributed by atoms with E-state index in [1.165, 1.54) is 12.5 Å². The van der Waals surface area contributed by atoms with E-state index in [0.29, 0.717) is 12.0 Å². The summed E-state index contributed by atoms with van der Waals surface area (Å²) in [5.41, 5.74) is 5.07. The van der Waals surface area contributed by atoms with Crippen molar-refractivity contribution in [2.24, 2.45) is 5.73 Å². The highest BCUT2D eigenvalue weighted by atomic mass is 19.4. The van der Waals surface area contributed by atoms with Crippen LogP contribution in [0.5, 0.6) is 0 Å². The van der Waals surface area contributed by atoms with Gasteiger partial charge >= 0.3 is 6.18 Å². The third-order valence-corrected chi connectivity index (χ3v) is 3.35. The van der Waals surface area contributed by atoms with Gasteiger partial charge in [-0.3, -0.25) is 0 Å². The zero-order valence-electron chi connectivity index (χ0n) is 11.6. The standard InChI is InChI=1S/C15H21F4N/c1-2-3-4-5-6-7-14(20)11-8-9-12(13(16)10-11)15(17,18)19/h8-10,14H,2-7,20H2,1H3. The smallest absolute Gasteiger partial charge is 0.324 e. The molecule has 1 unspecified atom stereocenters. The van der Waals surface area contributed by atoms with E-state index in [1.807, 2.05) is 0 Å². The predicted molar refractivity (Wildman–Crippen MR) is 71.7 cm³/mol. The van der Waals surface area contributed by atoms with E-state index in [-0.39, 0.29) is 0 Å². The number of hydrogen-bond donors (Lipinski definition) is 1. The molecular weight excluding hydrogens is 270 g/mol. The van der Waals surface area contributed by atoms with Gasteiger partial charge in [0.15, 0.2) is 0 Å². The summed E-state index contributed by atoms with van der Waals surface area (Å²) in [5, 5.41) is 0. The molecule has 0 aliphatic carbocycles. The van der Waals surface area contributed by atoms with Crippen LogP contribution in [0.25, 0.3) is 0 Å². The Morgan fingerprint density at radius 3 is 2.30 bits per heavy atom. The van der Waals surface area contributed by atoms with Crippen LogP contribution in [0.15, 0.2) is 18.2 Å². The monoisotopic (exact) mass is 291 g/mol. The summed E-state index contributed by atoms with van der Waals surface area (Å²) in [5.74, 6) is -1.25. The fourth-order valence-corrected chi connectivity index (χ4v) is 2.13. The molecule has 0 amide bonds. The van der Waals surface area contributed by atoms with Gasteiger partial charge in [0.1, 0.15) is 5.82 Å². The number of rotatable bonds is 7. The molecule has 1 nitrogen and oxygen atoms in total. The normalized spacial score (nSPS) is 13.5. The van der Waals surface area contributed by atoms with E-state index in [0.717, 1.165) is 37.8 Å². The summed E-state index contributed by atoms with van der Waals surface area (Å²) in [6.45, 7) is 2.12. The predicted octanol–water partition coefficient (Wildman–Crippen LogP) is 5.20. The summed E-state index contributed by atoms with van der Waals surface area (Å²) < 4.78 is 50.7. The molecule has 0 aromatic heterocycles. The van der Waals surface area contributed by atoms with Crippen molar-refractivity contribution >= 4 is 0 Å². The molecule has 0 aliphatic heterocycles. The molecule has 0 saturated heterocycles. The molecule has 20 heavy (non-hydrogen) atoms. The highest BCUT2D eigenvalue weighted by molar-refractivity contribution is 5.28.